The monoisotopic (exact) mass is 340 g/mol. The van der Waals surface area contributed by atoms with E-state index in [-0.39, 0.29) is 6.04 Å². The summed E-state index contributed by atoms with van der Waals surface area (Å²) in [5.41, 5.74) is 1.31. The number of aryl methyl sites for hydroxylation is 1. The first-order valence-electron chi connectivity index (χ1n) is 6.62. The molecule has 1 aliphatic heterocycles. The standard InChI is InChI=1S/C13H17BrN4S/c1-9(15-7-10-6-11(14)19-8-10)13-17-16-12-4-2-3-5-18(12)13/h6,8-9,15H,2-5,7H2,1H3/t9-/m1/s1. The third kappa shape index (κ3) is 2.90. The number of rotatable bonds is 4. The average molecular weight is 341 g/mol. The Labute approximate surface area is 125 Å². The van der Waals surface area contributed by atoms with Crippen LogP contribution in [0, 0.1) is 0 Å². The Balaban J connectivity index is 1.67. The number of fused-ring (bicyclic) bond motifs is 1. The number of nitrogens with zero attached hydrogens (tertiary/aromatic N) is 3. The van der Waals surface area contributed by atoms with Crippen LogP contribution in [0.3, 0.4) is 0 Å². The van der Waals surface area contributed by atoms with Crippen LogP contribution in [0.2, 0.25) is 0 Å². The molecule has 1 atom stereocenters. The fourth-order valence-corrected chi connectivity index (χ4v) is 3.66. The molecule has 3 rings (SSSR count). The molecule has 19 heavy (non-hydrogen) atoms. The van der Waals surface area contributed by atoms with Crippen LogP contribution >= 0.6 is 27.3 Å². The molecule has 0 aromatic carbocycles. The first-order chi connectivity index (χ1) is 9.24. The summed E-state index contributed by atoms with van der Waals surface area (Å²) >= 11 is 5.21. The Hall–Kier alpha value is -0.720. The number of thiophene rings is 1. The van der Waals surface area contributed by atoms with Crippen molar-refractivity contribution in [3.63, 3.8) is 0 Å². The second-order valence-corrected chi connectivity index (χ2v) is 7.24. The normalized spacial score (nSPS) is 16.3. The second kappa shape index (κ2) is 5.73. The predicted molar refractivity (Wildman–Crippen MR) is 80.2 cm³/mol. The lowest BCUT2D eigenvalue weighted by atomic mass is 10.1. The van der Waals surface area contributed by atoms with Crippen LogP contribution < -0.4 is 5.32 Å². The minimum atomic E-state index is 0.234. The second-order valence-electron chi connectivity index (χ2n) is 4.94. The lowest BCUT2D eigenvalue weighted by molar-refractivity contribution is 0.465. The minimum Gasteiger partial charge on any atom is -0.314 e. The van der Waals surface area contributed by atoms with E-state index in [4.69, 9.17) is 0 Å². The fourth-order valence-electron chi connectivity index (χ4n) is 2.45. The van der Waals surface area contributed by atoms with Crippen molar-refractivity contribution in [2.75, 3.05) is 0 Å². The fraction of sp³-hybridized carbons (Fsp3) is 0.538. The number of halogens is 1. The van der Waals surface area contributed by atoms with Crippen molar-refractivity contribution in [3.05, 3.63) is 32.4 Å². The van der Waals surface area contributed by atoms with Crippen LogP contribution in [0.5, 0.6) is 0 Å². The maximum absolute atomic E-state index is 4.36. The van der Waals surface area contributed by atoms with Gasteiger partial charge in [-0.2, -0.15) is 0 Å². The summed E-state index contributed by atoms with van der Waals surface area (Å²) < 4.78 is 3.46. The molecule has 0 amide bonds. The summed E-state index contributed by atoms with van der Waals surface area (Å²) in [5.74, 6) is 2.22. The highest BCUT2D eigenvalue weighted by Crippen LogP contribution is 2.22. The van der Waals surface area contributed by atoms with Crippen LogP contribution in [0.1, 0.15) is 43.0 Å². The highest BCUT2D eigenvalue weighted by Gasteiger charge is 2.19. The van der Waals surface area contributed by atoms with Crippen molar-refractivity contribution in [2.45, 2.75) is 45.3 Å². The number of hydrogen-bond donors (Lipinski definition) is 1. The van der Waals surface area contributed by atoms with E-state index in [1.807, 2.05) is 0 Å². The molecule has 2 aromatic rings. The molecule has 1 aliphatic rings. The zero-order chi connectivity index (χ0) is 13.2. The topological polar surface area (TPSA) is 42.7 Å². The Bertz CT molecular complexity index is 563. The molecular weight excluding hydrogens is 324 g/mol. The zero-order valence-corrected chi connectivity index (χ0v) is 13.3. The van der Waals surface area contributed by atoms with E-state index >= 15 is 0 Å². The van der Waals surface area contributed by atoms with E-state index in [9.17, 15) is 0 Å². The third-order valence-corrected chi connectivity index (χ3v) is 5.06. The Morgan fingerprint density at radius 2 is 2.37 bits per heavy atom. The maximum atomic E-state index is 4.36. The summed E-state index contributed by atoms with van der Waals surface area (Å²) in [6, 6.07) is 2.39. The van der Waals surface area contributed by atoms with Gasteiger partial charge in [0.2, 0.25) is 0 Å². The van der Waals surface area contributed by atoms with Gasteiger partial charge in [-0.1, -0.05) is 0 Å². The Kier molecular flexibility index (Phi) is 4.00. The predicted octanol–water partition coefficient (Wildman–Crippen LogP) is 3.29. The van der Waals surface area contributed by atoms with Gasteiger partial charge in [0.25, 0.3) is 0 Å². The van der Waals surface area contributed by atoms with Gasteiger partial charge in [0.05, 0.1) is 9.83 Å². The van der Waals surface area contributed by atoms with E-state index in [0.717, 1.165) is 31.2 Å². The molecule has 0 saturated carbocycles. The number of hydrogen-bond acceptors (Lipinski definition) is 4. The lowest BCUT2D eigenvalue weighted by Crippen LogP contribution is -2.23. The molecule has 6 heteroatoms. The SMILES string of the molecule is C[C@@H](NCc1csc(Br)c1)c1nnc2n1CCCC2. The van der Waals surface area contributed by atoms with Gasteiger partial charge in [0.15, 0.2) is 0 Å². The van der Waals surface area contributed by atoms with Crippen LogP contribution in [0.25, 0.3) is 0 Å². The first kappa shape index (κ1) is 13.3. The molecule has 0 spiro atoms. The molecular formula is C13H17BrN4S. The molecule has 0 fully saturated rings. The van der Waals surface area contributed by atoms with Gasteiger partial charge in [-0.15, -0.1) is 21.5 Å². The Morgan fingerprint density at radius 1 is 1.47 bits per heavy atom. The van der Waals surface area contributed by atoms with E-state index in [2.05, 4.69) is 54.4 Å². The van der Waals surface area contributed by atoms with E-state index in [0.29, 0.717) is 0 Å². The van der Waals surface area contributed by atoms with E-state index in [1.54, 1.807) is 11.3 Å². The van der Waals surface area contributed by atoms with Crippen LogP contribution in [-0.4, -0.2) is 14.8 Å². The number of aromatic nitrogens is 3. The first-order valence-corrected chi connectivity index (χ1v) is 8.29. The van der Waals surface area contributed by atoms with Crippen LogP contribution in [0.4, 0.5) is 0 Å². The van der Waals surface area contributed by atoms with Gasteiger partial charge in [0, 0.05) is 19.5 Å². The van der Waals surface area contributed by atoms with Crippen molar-refractivity contribution in [1.82, 2.24) is 20.1 Å². The molecule has 2 aromatic heterocycles. The highest BCUT2D eigenvalue weighted by atomic mass is 79.9. The number of nitrogens with one attached hydrogen (secondary N) is 1. The highest BCUT2D eigenvalue weighted by molar-refractivity contribution is 9.11. The van der Waals surface area contributed by atoms with Crippen molar-refractivity contribution in [3.8, 4) is 0 Å². The van der Waals surface area contributed by atoms with Crippen LogP contribution in [0.15, 0.2) is 15.2 Å². The molecule has 102 valence electrons. The van der Waals surface area contributed by atoms with Gasteiger partial charge in [-0.05, 0) is 52.7 Å². The molecule has 0 bridgehead atoms. The molecule has 1 N–H and O–H groups in total. The zero-order valence-electron chi connectivity index (χ0n) is 10.9. The largest absolute Gasteiger partial charge is 0.314 e. The van der Waals surface area contributed by atoms with Crippen molar-refractivity contribution >= 4 is 27.3 Å². The van der Waals surface area contributed by atoms with Gasteiger partial charge in [0.1, 0.15) is 11.6 Å². The summed E-state index contributed by atoms with van der Waals surface area (Å²) in [7, 11) is 0. The smallest absolute Gasteiger partial charge is 0.149 e. The Morgan fingerprint density at radius 3 is 3.16 bits per heavy atom. The summed E-state index contributed by atoms with van der Waals surface area (Å²) in [6.45, 7) is 4.09. The van der Waals surface area contributed by atoms with E-state index in [1.165, 1.54) is 22.2 Å². The summed E-state index contributed by atoms with van der Waals surface area (Å²) in [4.78, 5) is 0. The van der Waals surface area contributed by atoms with Gasteiger partial charge >= 0.3 is 0 Å². The molecule has 0 radical (unpaired) electrons. The van der Waals surface area contributed by atoms with Crippen molar-refractivity contribution in [2.24, 2.45) is 0 Å². The summed E-state index contributed by atoms with van der Waals surface area (Å²) in [6.07, 6.45) is 3.54. The van der Waals surface area contributed by atoms with E-state index < -0.39 is 0 Å². The maximum Gasteiger partial charge on any atom is 0.149 e. The van der Waals surface area contributed by atoms with Gasteiger partial charge in [-0.25, -0.2) is 0 Å². The van der Waals surface area contributed by atoms with Gasteiger partial charge in [-0.3, -0.25) is 0 Å². The molecule has 0 unspecified atom stereocenters. The quantitative estimate of drug-likeness (QED) is 0.928. The lowest BCUT2D eigenvalue weighted by Gasteiger charge is -2.18. The molecule has 3 heterocycles. The third-order valence-electron chi connectivity index (χ3n) is 3.51. The molecule has 0 saturated heterocycles. The van der Waals surface area contributed by atoms with Crippen molar-refractivity contribution < 1.29 is 0 Å². The van der Waals surface area contributed by atoms with Gasteiger partial charge < -0.3 is 9.88 Å². The minimum absolute atomic E-state index is 0.234. The average Bonchev–Trinajstić information content (AvgIpc) is 3.02. The molecule has 0 aliphatic carbocycles. The van der Waals surface area contributed by atoms with Crippen molar-refractivity contribution in [1.29, 1.82) is 0 Å². The summed E-state index contributed by atoms with van der Waals surface area (Å²) in [5, 5.41) is 14.4. The molecule has 4 nitrogen and oxygen atoms in total. The van der Waals surface area contributed by atoms with Crippen LogP contribution in [-0.2, 0) is 19.5 Å².